The largest absolute Gasteiger partial charge is 0.345 e. The smallest absolute Gasteiger partial charge is 0.253 e. The van der Waals surface area contributed by atoms with Crippen LogP contribution in [-0.4, -0.2) is 20.1 Å². The lowest BCUT2D eigenvalue weighted by molar-refractivity contribution is 0.0934. The molecule has 2 aromatic carbocycles. The molecule has 0 saturated heterocycles. The van der Waals surface area contributed by atoms with E-state index in [4.69, 9.17) is 11.6 Å². The van der Waals surface area contributed by atoms with Crippen LogP contribution >= 0.6 is 11.6 Å². The molecule has 6 heteroatoms. The van der Waals surface area contributed by atoms with E-state index in [2.05, 4.69) is 5.32 Å². The van der Waals surface area contributed by atoms with E-state index >= 15 is 0 Å². The van der Waals surface area contributed by atoms with Crippen molar-refractivity contribution in [3.8, 4) is 0 Å². The topological polar surface area (TPSA) is 63.2 Å². The summed E-state index contributed by atoms with van der Waals surface area (Å²) in [6, 6.07) is 13.2. The predicted molar refractivity (Wildman–Crippen MR) is 84.8 cm³/mol. The maximum absolute atomic E-state index is 12.4. The number of nitrogens with one attached hydrogen (secondary N) is 1. The van der Waals surface area contributed by atoms with Crippen LogP contribution in [0.25, 0.3) is 0 Å². The zero-order chi connectivity index (χ0) is 15.7. The zero-order valence-corrected chi connectivity index (χ0v) is 13.2. The summed E-state index contributed by atoms with van der Waals surface area (Å²) in [5.41, 5.74) is 1.02. The number of benzene rings is 2. The minimum Gasteiger partial charge on any atom is -0.345 e. The van der Waals surface area contributed by atoms with E-state index in [1.54, 1.807) is 48.5 Å². The summed E-state index contributed by atoms with van der Waals surface area (Å²) in [5.74, 6) is -0.276. The first-order valence-electron chi connectivity index (χ1n) is 6.86. The maximum Gasteiger partial charge on any atom is 0.253 e. The summed E-state index contributed by atoms with van der Waals surface area (Å²) in [5, 5.41) is 3.25. The van der Waals surface area contributed by atoms with Crippen LogP contribution < -0.4 is 5.32 Å². The molecule has 22 heavy (non-hydrogen) atoms. The second-order valence-corrected chi connectivity index (χ2v) is 7.64. The van der Waals surface area contributed by atoms with Crippen LogP contribution in [0.1, 0.15) is 28.4 Å². The molecule has 0 spiro atoms. The fourth-order valence-corrected chi connectivity index (χ4v) is 4.46. The van der Waals surface area contributed by atoms with Gasteiger partial charge in [-0.1, -0.05) is 41.9 Å². The number of fused-ring (bicyclic) bond motifs is 1. The SMILES string of the molecule is O=C(NC1CCS(=O)(=O)c2ccccc21)c1ccccc1Cl. The van der Waals surface area contributed by atoms with Crippen molar-refractivity contribution in [2.75, 3.05) is 5.75 Å². The fraction of sp³-hybridized carbons (Fsp3) is 0.188. The molecule has 1 atom stereocenters. The molecular formula is C16H14ClNO3S. The quantitative estimate of drug-likeness (QED) is 0.917. The number of amides is 1. The Labute approximate surface area is 134 Å². The lowest BCUT2D eigenvalue weighted by Crippen LogP contribution is -2.34. The molecule has 4 nitrogen and oxygen atoms in total. The summed E-state index contributed by atoms with van der Waals surface area (Å²) in [6.07, 6.45) is 0.357. The summed E-state index contributed by atoms with van der Waals surface area (Å²) < 4.78 is 24.2. The molecule has 0 saturated carbocycles. The number of rotatable bonds is 2. The van der Waals surface area contributed by atoms with E-state index in [0.29, 0.717) is 27.5 Å². The fourth-order valence-electron chi connectivity index (χ4n) is 2.62. The van der Waals surface area contributed by atoms with Gasteiger partial charge in [-0.3, -0.25) is 4.79 Å². The van der Waals surface area contributed by atoms with Crippen LogP contribution in [0.2, 0.25) is 5.02 Å². The first-order valence-corrected chi connectivity index (χ1v) is 8.89. The van der Waals surface area contributed by atoms with Gasteiger partial charge in [0.05, 0.1) is 27.3 Å². The van der Waals surface area contributed by atoms with Crippen LogP contribution in [-0.2, 0) is 9.84 Å². The Morgan fingerprint density at radius 3 is 2.55 bits per heavy atom. The Morgan fingerprint density at radius 1 is 1.09 bits per heavy atom. The second kappa shape index (κ2) is 5.74. The first-order chi connectivity index (χ1) is 10.5. The van der Waals surface area contributed by atoms with Gasteiger partial charge in [0, 0.05) is 0 Å². The van der Waals surface area contributed by atoms with Gasteiger partial charge in [-0.05, 0) is 30.2 Å². The summed E-state index contributed by atoms with van der Waals surface area (Å²) in [6.45, 7) is 0. The molecule has 0 bridgehead atoms. The summed E-state index contributed by atoms with van der Waals surface area (Å²) in [7, 11) is -3.26. The predicted octanol–water partition coefficient (Wildman–Crippen LogP) is 2.99. The van der Waals surface area contributed by atoms with Crippen LogP contribution in [0, 0.1) is 0 Å². The van der Waals surface area contributed by atoms with Gasteiger partial charge in [-0.25, -0.2) is 8.42 Å². The summed E-state index contributed by atoms with van der Waals surface area (Å²) in [4.78, 5) is 12.7. The standard InChI is InChI=1S/C16H14ClNO3S/c17-13-7-3-1-5-11(13)16(19)18-14-9-10-22(20,21)15-8-4-2-6-12(14)15/h1-8,14H,9-10H2,(H,18,19). The minimum atomic E-state index is -3.26. The Bertz CT molecular complexity index is 833. The van der Waals surface area contributed by atoms with Gasteiger partial charge in [-0.2, -0.15) is 0 Å². The zero-order valence-electron chi connectivity index (χ0n) is 11.6. The van der Waals surface area contributed by atoms with Crippen LogP contribution in [0.5, 0.6) is 0 Å². The molecule has 1 aliphatic heterocycles. The van der Waals surface area contributed by atoms with Gasteiger partial charge >= 0.3 is 0 Å². The molecular weight excluding hydrogens is 322 g/mol. The van der Waals surface area contributed by atoms with E-state index in [0.717, 1.165) is 0 Å². The molecule has 114 valence electrons. The van der Waals surface area contributed by atoms with Crippen molar-refractivity contribution in [3.63, 3.8) is 0 Å². The molecule has 1 amide bonds. The van der Waals surface area contributed by atoms with Gasteiger partial charge in [0.2, 0.25) is 0 Å². The van der Waals surface area contributed by atoms with Crippen LogP contribution in [0.15, 0.2) is 53.4 Å². The Hall–Kier alpha value is -1.85. The number of halogens is 1. The molecule has 2 aromatic rings. The van der Waals surface area contributed by atoms with E-state index < -0.39 is 9.84 Å². The van der Waals surface area contributed by atoms with Crippen molar-refractivity contribution < 1.29 is 13.2 Å². The van der Waals surface area contributed by atoms with Crippen LogP contribution in [0.4, 0.5) is 0 Å². The van der Waals surface area contributed by atoms with Crippen molar-refractivity contribution in [3.05, 3.63) is 64.7 Å². The molecule has 1 aliphatic rings. The third-order valence-corrected chi connectivity index (χ3v) is 5.87. The summed E-state index contributed by atoms with van der Waals surface area (Å²) >= 11 is 6.03. The molecule has 0 aliphatic carbocycles. The highest BCUT2D eigenvalue weighted by molar-refractivity contribution is 7.91. The molecule has 1 N–H and O–H groups in total. The number of carbonyl (C=O) groups excluding carboxylic acids is 1. The lowest BCUT2D eigenvalue weighted by Gasteiger charge is -2.26. The Kier molecular flexibility index (Phi) is 3.93. The van der Waals surface area contributed by atoms with Gasteiger partial charge in [0.25, 0.3) is 5.91 Å². The number of hydrogen-bond donors (Lipinski definition) is 1. The molecule has 3 rings (SSSR count). The van der Waals surface area contributed by atoms with Gasteiger partial charge in [-0.15, -0.1) is 0 Å². The Morgan fingerprint density at radius 2 is 1.77 bits per heavy atom. The molecule has 0 fully saturated rings. The number of carbonyl (C=O) groups is 1. The minimum absolute atomic E-state index is 0.0253. The average Bonchev–Trinajstić information content (AvgIpc) is 2.51. The third kappa shape index (κ3) is 2.74. The molecule has 0 radical (unpaired) electrons. The first kappa shape index (κ1) is 15.1. The average molecular weight is 336 g/mol. The molecule has 1 unspecified atom stereocenters. The lowest BCUT2D eigenvalue weighted by atomic mass is 10.0. The second-order valence-electron chi connectivity index (χ2n) is 5.15. The van der Waals surface area contributed by atoms with E-state index in [1.807, 2.05) is 0 Å². The van der Waals surface area contributed by atoms with E-state index in [9.17, 15) is 13.2 Å². The molecule has 0 aromatic heterocycles. The highest BCUT2D eigenvalue weighted by Gasteiger charge is 2.31. The van der Waals surface area contributed by atoms with Crippen molar-refractivity contribution in [1.82, 2.24) is 5.32 Å². The molecule has 1 heterocycles. The van der Waals surface area contributed by atoms with Crippen molar-refractivity contribution in [1.29, 1.82) is 0 Å². The highest BCUT2D eigenvalue weighted by Crippen LogP contribution is 2.32. The van der Waals surface area contributed by atoms with Crippen LogP contribution in [0.3, 0.4) is 0 Å². The third-order valence-electron chi connectivity index (χ3n) is 3.73. The number of sulfone groups is 1. The van der Waals surface area contributed by atoms with E-state index in [1.165, 1.54) is 0 Å². The number of hydrogen-bond acceptors (Lipinski definition) is 3. The van der Waals surface area contributed by atoms with Crippen molar-refractivity contribution in [2.45, 2.75) is 17.4 Å². The Balaban J connectivity index is 1.91. The normalized spacial score (nSPS) is 19.2. The van der Waals surface area contributed by atoms with Gasteiger partial charge in [0.15, 0.2) is 9.84 Å². The van der Waals surface area contributed by atoms with Gasteiger partial charge in [0.1, 0.15) is 0 Å². The van der Waals surface area contributed by atoms with Crippen molar-refractivity contribution >= 4 is 27.3 Å². The van der Waals surface area contributed by atoms with Crippen molar-refractivity contribution in [2.24, 2.45) is 0 Å². The van der Waals surface area contributed by atoms with E-state index in [-0.39, 0.29) is 17.7 Å². The maximum atomic E-state index is 12.4. The van der Waals surface area contributed by atoms with Gasteiger partial charge < -0.3 is 5.32 Å². The highest BCUT2D eigenvalue weighted by atomic mass is 35.5. The monoisotopic (exact) mass is 335 g/mol.